The van der Waals surface area contributed by atoms with E-state index in [-0.39, 0.29) is 5.82 Å². The highest BCUT2D eigenvalue weighted by Gasteiger charge is 2.33. The number of rotatable bonds is 4. The number of aromatic nitrogens is 1. The third-order valence-corrected chi connectivity index (χ3v) is 6.00. The predicted molar refractivity (Wildman–Crippen MR) is 106 cm³/mol. The molecular weight excluding hydrogens is 353 g/mol. The Balaban J connectivity index is 1.30. The highest BCUT2D eigenvalue weighted by atomic mass is 19.1. The molecular formula is C23H24FN3O. The normalized spacial score (nSPS) is 20.4. The standard InChI is InChI=1S/C23H24FN3O/c24-21-9-5-4-8-19(21)23-20-16-27(13-11-22(20)28-25-23)18-10-12-26(15-18)14-17-6-2-1-3-7-17/h1-9,18H,10-16H2/t18-/m1/s1. The summed E-state index contributed by atoms with van der Waals surface area (Å²) >= 11 is 0. The van der Waals surface area contributed by atoms with Crippen LogP contribution in [0.4, 0.5) is 4.39 Å². The summed E-state index contributed by atoms with van der Waals surface area (Å²) in [4.78, 5) is 5.05. The van der Waals surface area contributed by atoms with E-state index in [4.69, 9.17) is 4.52 Å². The van der Waals surface area contributed by atoms with E-state index < -0.39 is 0 Å². The van der Waals surface area contributed by atoms with Gasteiger partial charge in [-0.15, -0.1) is 0 Å². The molecule has 5 heteroatoms. The fraction of sp³-hybridized carbons (Fsp3) is 0.348. The molecule has 2 aliphatic heterocycles. The van der Waals surface area contributed by atoms with E-state index in [0.717, 1.165) is 50.5 Å². The zero-order valence-corrected chi connectivity index (χ0v) is 15.9. The molecule has 2 aliphatic rings. The van der Waals surface area contributed by atoms with Crippen LogP contribution in [-0.2, 0) is 19.5 Å². The van der Waals surface area contributed by atoms with Crippen molar-refractivity contribution in [1.29, 1.82) is 0 Å². The van der Waals surface area contributed by atoms with E-state index in [1.54, 1.807) is 12.1 Å². The molecule has 1 saturated heterocycles. The van der Waals surface area contributed by atoms with E-state index in [0.29, 0.717) is 17.3 Å². The smallest absolute Gasteiger partial charge is 0.143 e. The Labute approximate surface area is 164 Å². The average Bonchev–Trinajstić information content (AvgIpc) is 3.36. The second-order valence-corrected chi connectivity index (χ2v) is 7.80. The first-order valence-corrected chi connectivity index (χ1v) is 10.0. The minimum Gasteiger partial charge on any atom is -0.360 e. The molecule has 3 aromatic rings. The topological polar surface area (TPSA) is 32.5 Å². The van der Waals surface area contributed by atoms with E-state index in [1.807, 2.05) is 6.07 Å². The molecule has 144 valence electrons. The summed E-state index contributed by atoms with van der Waals surface area (Å²) in [5, 5.41) is 4.21. The molecule has 5 rings (SSSR count). The average molecular weight is 377 g/mol. The maximum absolute atomic E-state index is 14.3. The van der Waals surface area contributed by atoms with Crippen molar-refractivity contribution in [2.75, 3.05) is 19.6 Å². The molecule has 4 nitrogen and oxygen atoms in total. The lowest BCUT2D eigenvalue weighted by molar-refractivity contribution is 0.167. The summed E-state index contributed by atoms with van der Waals surface area (Å²) in [5.41, 5.74) is 3.62. The van der Waals surface area contributed by atoms with Crippen molar-refractivity contribution in [1.82, 2.24) is 15.0 Å². The van der Waals surface area contributed by atoms with Crippen molar-refractivity contribution in [3.05, 3.63) is 77.3 Å². The monoisotopic (exact) mass is 377 g/mol. The molecule has 28 heavy (non-hydrogen) atoms. The number of likely N-dealkylation sites (tertiary alicyclic amines) is 1. The quantitative estimate of drug-likeness (QED) is 0.685. The Bertz CT molecular complexity index is 955. The number of hydrogen-bond acceptors (Lipinski definition) is 4. The molecule has 0 saturated carbocycles. The Kier molecular flexibility index (Phi) is 4.71. The maximum Gasteiger partial charge on any atom is 0.143 e. The molecule has 0 bridgehead atoms. The fourth-order valence-corrected chi connectivity index (χ4v) is 4.50. The van der Waals surface area contributed by atoms with Crippen molar-refractivity contribution in [3.63, 3.8) is 0 Å². The third-order valence-electron chi connectivity index (χ3n) is 6.00. The van der Waals surface area contributed by atoms with Gasteiger partial charge >= 0.3 is 0 Å². The lowest BCUT2D eigenvalue weighted by atomic mass is 9.99. The lowest BCUT2D eigenvalue weighted by Crippen LogP contribution is -2.40. The number of benzene rings is 2. The van der Waals surface area contributed by atoms with Gasteiger partial charge in [0.05, 0.1) is 0 Å². The summed E-state index contributed by atoms with van der Waals surface area (Å²) in [5.74, 6) is 0.666. The van der Waals surface area contributed by atoms with E-state index in [1.165, 1.54) is 18.1 Å². The van der Waals surface area contributed by atoms with Gasteiger partial charge in [-0.2, -0.15) is 0 Å². The summed E-state index contributed by atoms with van der Waals surface area (Å²) < 4.78 is 19.8. The second kappa shape index (κ2) is 7.49. The largest absolute Gasteiger partial charge is 0.360 e. The van der Waals surface area contributed by atoms with Crippen LogP contribution in [0.3, 0.4) is 0 Å². The minimum atomic E-state index is -0.245. The van der Waals surface area contributed by atoms with Gasteiger partial charge in [0.25, 0.3) is 0 Å². The molecule has 0 spiro atoms. The van der Waals surface area contributed by atoms with Gasteiger partial charge in [0.2, 0.25) is 0 Å². The predicted octanol–water partition coefficient (Wildman–Crippen LogP) is 4.11. The number of hydrogen-bond donors (Lipinski definition) is 0. The van der Waals surface area contributed by atoms with Gasteiger partial charge in [0.15, 0.2) is 0 Å². The molecule has 0 aliphatic carbocycles. The first-order chi connectivity index (χ1) is 13.8. The highest BCUT2D eigenvalue weighted by molar-refractivity contribution is 5.64. The number of halogens is 1. The second-order valence-electron chi connectivity index (χ2n) is 7.80. The first-order valence-electron chi connectivity index (χ1n) is 10.0. The molecule has 0 radical (unpaired) electrons. The zero-order valence-electron chi connectivity index (χ0n) is 15.9. The van der Waals surface area contributed by atoms with Gasteiger partial charge in [-0.25, -0.2) is 4.39 Å². The van der Waals surface area contributed by atoms with E-state index >= 15 is 0 Å². The van der Waals surface area contributed by atoms with Crippen molar-refractivity contribution < 1.29 is 8.91 Å². The van der Waals surface area contributed by atoms with Gasteiger partial charge in [-0.05, 0) is 24.1 Å². The van der Waals surface area contributed by atoms with E-state index in [9.17, 15) is 4.39 Å². The Morgan fingerprint density at radius 1 is 1.04 bits per heavy atom. The Hall–Kier alpha value is -2.50. The summed E-state index contributed by atoms with van der Waals surface area (Å²) in [6.07, 6.45) is 2.01. The van der Waals surface area contributed by atoms with Crippen LogP contribution in [0, 0.1) is 5.82 Å². The summed E-state index contributed by atoms with van der Waals surface area (Å²) in [6, 6.07) is 18.0. The minimum absolute atomic E-state index is 0.245. The fourth-order valence-electron chi connectivity index (χ4n) is 4.50. The third kappa shape index (κ3) is 3.36. The SMILES string of the molecule is Fc1ccccc1-c1noc2c1CN([C@@H]1CCN(Cc3ccccc3)C1)CC2. The molecule has 2 aromatic carbocycles. The molecule has 0 N–H and O–H groups in total. The van der Waals surface area contributed by atoms with Crippen LogP contribution >= 0.6 is 0 Å². The van der Waals surface area contributed by atoms with Gasteiger partial charge in [-0.3, -0.25) is 9.80 Å². The lowest BCUT2D eigenvalue weighted by Gasteiger charge is -2.31. The first kappa shape index (κ1) is 17.6. The van der Waals surface area contributed by atoms with Crippen molar-refractivity contribution in [3.8, 4) is 11.3 Å². The zero-order chi connectivity index (χ0) is 18.9. The molecule has 1 atom stereocenters. The van der Waals surface area contributed by atoms with Gasteiger partial charge in [0, 0.05) is 56.3 Å². The Morgan fingerprint density at radius 2 is 1.86 bits per heavy atom. The summed E-state index contributed by atoms with van der Waals surface area (Å²) in [7, 11) is 0. The van der Waals surface area contributed by atoms with E-state index in [2.05, 4.69) is 45.3 Å². The van der Waals surface area contributed by atoms with Gasteiger partial charge in [0.1, 0.15) is 17.3 Å². The molecule has 3 heterocycles. The van der Waals surface area contributed by atoms with Gasteiger partial charge < -0.3 is 4.52 Å². The maximum atomic E-state index is 14.3. The molecule has 1 fully saturated rings. The van der Waals surface area contributed by atoms with Crippen LogP contribution in [0.25, 0.3) is 11.3 Å². The van der Waals surface area contributed by atoms with Gasteiger partial charge in [-0.1, -0.05) is 47.6 Å². The van der Waals surface area contributed by atoms with Crippen LogP contribution in [0.2, 0.25) is 0 Å². The molecule has 0 unspecified atom stereocenters. The van der Waals surface area contributed by atoms with Crippen LogP contribution in [0.1, 0.15) is 23.3 Å². The number of nitrogens with zero attached hydrogens (tertiary/aromatic N) is 3. The highest BCUT2D eigenvalue weighted by Crippen LogP contribution is 2.33. The summed E-state index contributed by atoms with van der Waals surface area (Å²) in [6.45, 7) is 4.95. The van der Waals surface area contributed by atoms with Crippen molar-refractivity contribution in [2.45, 2.75) is 32.0 Å². The molecule has 0 amide bonds. The molecule has 1 aromatic heterocycles. The van der Waals surface area contributed by atoms with Crippen molar-refractivity contribution >= 4 is 0 Å². The van der Waals surface area contributed by atoms with Crippen LogP contribution < -0.4 is 0 Å². The van der Waals surface area contributed by atoms with Crippen LogP contribution in [0.5, 0.6) is 0 Å². The van der Waals surface area contributed by atoms with Crippen molar-refractivity contribution in [2.24, 2.45) is 0 Å². The number of fused-ring (bicyclic) bond motifs is 1. The van der Waals surface area contributed by atoms with Crippen LogP contribution in [-0.4, -0.2) is 40.6 Å². The van der Waals surface area contributed by atoms with Crippen LogP contribution in [0.15, 0.2) is 59.1 Å². The Morgan fingerprint density at radius 3 is 2.71 bits per heavy atom.